The Morgan fingerprint density at radius 2 is 1.95 bits per heavy atom. The van der Waals surface area contributed by atoms with E-state index < -0.39 is 25.7 Å². The van der Waals surface area contributed by atoms with Crippen molar-refractivity contribution in [2.45, 2.75) is 17.2 Å². The van der Waals surface area contributed by atoms with E-state index in [0.29, 0.717) is 0 Å². The lowest BCUT2D eigenvalue weighted by molar-refractivity contribution is 0.434. The molecule has 1 aromatic carbocycles. The molecule has 0 saturated carbocycles. The summed E-state index contributed by atoms with van der Waals surface area (Å²) in [6, 6.07) is 3.41. The van der Waals surface area contributed by atoms with Crippen molar-refractivity contribution in [2.75, 3.05) is 24.6 Å². The van der Waals surface area contributed by atoms with Crippen LogP contribution in [0.4, 0.5) is 4.39 Å². The van der Waals surface area contributed by atoms with Gasteiger partial charge in [-0.1, -0.05) is 0 Å². The highest BCUT2D eigenvalue weighted by atomic mass is 35.5. The molecule has 0 bridgehead atoms. The van der Waals surface area contributed by atoms with Gasteiger partial charge in [0.2, 0.25) is 10.0 Å². The second-order valence-corrected chi connectivity index (χ2v) is 9.31. The minimum absolute atomic E-state index is 0.0185. The summed E-state index contributed by atoms with van der Waals surface area (Å²) in [4.78, 5) is -0.0705. The van der Waals surface area contributed by atoms with E-state index in [1.54, 1.807) is 0 Å². The number of benzene rings is 1. The lowest BCUT2D eigenvalue weighted by Gasteiger charge is -2.19. The zero-order chi connectivity index (χ0) is 15.7. The Morgan fingerprint density at radius 3 is 2.62 bits per heavy atom. The van der Waals surface area contributed by atoms with Crippen molar-refractivity contribution in [1.29, 1.82) is 0 Å². The van der Waals surface area contributed by atoms with Gasteiger partial charge in [0, 0.05) is 18.7 Å². The van der Waals surface area contributed by atoms with Crippen molar-refractivity contribution < 1.29 is 21.2 Å². The number of hydrogen-bond donors (Lipinski definition) is 0. The summed E-state index contributed by atoms with van der Waals surface area (Å²) in [5.41, 5.74) is 0.0974. The maximum atomic E-state index is 13.4. The van der Waals surface area contributed by atoms with Crippen molar-refractivity contribution in [3.05, 3.63) is 29.6 Å². The second kappa shape index (κ2) is 6.20. The van der Waals surface area contributed by atoms with Crippen LogP contribution in [0.5, 0.6) is 0 Å². The molecule has 0 N–H and O–H groups in total. The zero-order valence-corrected chi connectivity index (χ0v) is 13.5. The largest absolute Gasteiger partial charge is 0.243 e. The van der Waals surface area contributed by atoms with Crippen molar-refractivity contribution in [3.8, 4) is 0 Å². The van der Waals surface area contributed by atoms with E-state index in [9.17, 15) is 21.2 Å². The summed E-state index contributed by atoms with van der Waals surface area (Å²) < 4.78 is 62.6. The number of nitrogens with zero attached hydrogens (tertiary/aromatic N) is 1. The Kier molecular flexibility index (Phi) is 4.92. The number of sulfonamides is 1. The van der Waals surface area contributed by atoms with E-state index in [4.69, 9.17) is 11.6 Å². The van der Waals surface area contributed by atoms with Crippen molar-refractivity contribution in [2.24, 2.45) is 0 Å². The van der Waals surface area contributed by atoms with Gasteiger partial charge in [0.1, 0.15) is 5.82 Å². The molecule has 118 valence electrons. The van der Waals surface area contributed by atoms with Crippen LogP contribution >= 0.6 is 11.6 Å². The summed E-state index contributed by atoms with van der Waals surface area (Å²) in [5.74, 6) is -0.920. The Balaban J connectivity index is 2.33. The third kappa shape index (κ3) is 3.74. The minimum atomic E-state index is -3.84. The minimum Gasteiger partial charge on any atom is -0.229 e. The molecule has 0 atom stereocenters. The Hall–Kier alpha value is -0.700. The highest BCUT2D eigenvalue weighted by Crippen LogP contribution is 2.21. The summed E-state index contributed by atoms with van der Waals surface area (Å²) >= 11 is 5.58. The smallest absolute Gasteiger partial charge is 0.229 e. The first-order chi connectivity index (χ1) is 9.76. The van der Waals surface area contributed by atoms with Crippen LogP contribution in [0.3, 0.4) is 0 Å². The maximum Gasteiger partial charge on any atom is 0.243 e. The van der Waals surface area contributed by atoms with E-state index in [-0.39, 0.29) is 47.4 Å². The fraction of sp³-hybridized carbons (Fsp3) is 0.500. The lowest BCUT2D eigenvalue weighted by atomic mass is 10.2. The number of hydrogen-bond acceptors (Lipinski definition) is 4. The van der Waals surface area contributed by atoms with Gasteiger partial charge >= 0.3 is 0 Å². The van der Waals surface area contributed by atoms with Gasteiger partial charge in [-0.2, -0.15) is 4.31 Å². The molecule has 2 rings (SSSR count). The molecule has 9 heteroatoms. The fourth-order valence-electron chi connectivity index (χ4n) is 2.12. The predicted molar refractivity (Wildman–Crippen MR) is 78.0 cm³/mol. The first-order valence-electron chi connectivity index (χ1n) is 6.31. The number of alkyl halides is 1. The van der Waals surface area contributed by atoms with Crippen molar-refractivity contribution in [1.82, 2.24) is 4.31 Å². The molecule has 1 aromatic rings. The third-order valence-electron chi connectivity index (χ3n) is 3.31. The first-order valence-corrected chi connectivity index (χ1v) is 10.1. The standard InChI is InChI=1S/C12H15ClFNO4S2/c13-9-10-8-11(2-3-12(10)14)21(18,19)15-4-1-6-20(16,17)7-5-15/h2-3,8H,1,4-7,9H2. The monoisotopic (exact) mass is 355 g/mol. The number of halogens is 2. The first kappa shape index (κ1) is 16.7. The van der Waals surface area contributed by atoms with Gasteiger partial charge in [0.25, 0.3) is 0 Å². The molecule has 21 heavy (non-hydrogen) atoms. The van der Waals surface area contributed by atoms with E-state index in [1.165, 1.54) is 12.1 Å². The number of rotatable bonds is 3. The van der Waals surface area contributed by atoms with Crippen molar-refractivity contribution >= 4 is 31.5 Å². The summed E-state index contributed by atoms with van der Waals surface area (Å²) in [5, 5.41) is 0. The highest BCUT2D eigenvalue weighted by molar-refractivity contribution is 7.91. The molecular formula is C12H15ClFNO4S2. The molecule has 1 saturated heterocycles. The van der Waals surface area contributed by atoms with E-state index >= 15 is 0 Å². The number of sulfone groups is 1. The van der Waals surface area contributed by atoms with Gasteiger partial charge in [-0.25, -0.2) is 21.2 Å². The molecule has 1 aliphatic heterocycles. The van der Waals surface area contributed by atoms with E-state index in [1.807, 2.05) is 0 Å². The Labute approximate surface area is 128 Å². The Morgan fingerprint density at radius 1 is 1.24 bits per heavy atom. The Bertz CT molecular complexity index is 734. The molecule has 1 aliphatic rings. The fourth-order valence-corrected chi connectivity index (χ4v) is 5.24. The lowest BCUT2D eigenvalue weighted by Crippen LogP contribution is -2.33. The van der Waals surface area contributed by atoms with Gasteiger partial charge in [0.15, 0.2) is 9.84 Å². The van der Waals surface area contributed by atoms with Crippen LogP contribution in [0.25, 0.3) is 0 Å². The van der Waals surface area contributed by atoms with Gasteiger partial charge in [-0.3, -0.25) is 0 Å². The zero-order valence-electron chi connectivity index (χ0n) is 11.1. The summed E-state index contributed by atoms with van der Waals surface area (Å²) in [6.45, 7) is 0.0490. The van der Waals surface area contributed by atoms with Crippen LogP contribution in [-0.2, 0) is 25.7 Å². The van der Waals surface area contributed by atoms with Gasteiger partial charge < -0.3 is 0 Å². The SMILES string of the molecule is O=S1(=O)CCCN(S(=O)(=O)c2ccc(F)c(CCl)c2)CC1. The van der Waals surface area contributed by atoms with Crippen LogP contribution in [0, 0.1) is 5.82 Å². The van der Waals surface area contributed by atoms with Crippen LogP contribution in [0.15, 0.2) is 23.1 Å². The molecule has 0 aromatic heterocycles. The van der Waals surface area contributed by atoms with Gasteiger partial charge in [-0.05, 0) is 24.6 Å². The molecule has 0 radical (unpaired) electrons. The second-order valence-electron chi connectivity index (χ2n) is 4.80. The third-order valence-corrected chi connectivity index (χ3v) is 7.21. The van der Waals surface area contributed by atoms with Gasteiger partial charge in [-0.15, -0.1) is 11.6 Å². The average Bonchev–Trinajstić information content (AvgIpc) is 2.60. The van der Waals surface area contributed by atoms with Crippen molar-refractivity contribution in [3.63, 3.8) is 0 Å². The average molecular weight is 356 g/mol. The molecular weight excluding hydrogens is 341 g/mol. The molecule has 1 heterocycles. The predicted octanol–water partition coefficient (Wildman–Crippen LogP) is 1.37. The quantitative estimate of drug-likeness (QED) is 0.768. The molecule has 0 aliphatic carbocycles. The molecule has 5 nitrogen and oxygen atoms in total. The van der Waals surface area contributed by atoms with Crippen LogP contribution in [0.1, 0.15) is 12.0 Å². The molecule has 1 fully saturated rings. The van der Waals surface area contributed by atoms with E-state index in [0.717, 1.165) is 10.4 Å². The maximum absolute atomic E-state index is 13.4. The summed E-state index contributed by atoms with van der Waals surface area (Å²) in [7, 11) is -7.04. The van der Waals surface area contributed by atoms with Gasteiger partial charge in [0.05, 0.1) is 22.3 Å². The normalized spacial score (nSPS) is 20.1. The van der Waals surface area contributed by atoms with E-state index in [2.05, 4.69) is 0 Å². The van der Waals surface area contributed by atoms with Crippen LogP contribution < -0.4 is 0 Å². The van der Waals surface area contributed by atoms with Crippen LogP contribution in [-0.4, -0.2) is 45.7 Å². The summed E-state index contributed by atoms with van der Waals surface area (Å²) in [6.07, 6.45) is 0.255. The molecule has 0 unspecified atom stereocenters. The van der Waals surface area contributed by atoms with Crippen LogP contribution in [0.2, 0.25) is 0 Å². The topological polar surface area (TPSA) is 71.5 Å². The highest BCUT2D eigenvalue weighted by Gasteiger charge is 2.29. The molecule has 0 amide bonds. The molecule has 0 spiro atoms.